The third-order valence-corrected chi connectivity index (χ3v) is 5.40. The van der Waals surface area contributed by atoms with E-state index in [9.17, 15) is 17.6 Å². The number of hydrogen-bond donors (Lipinski definition) is 1. The number of carbonyl (C=O) groups is 1. The molecule has 0 aromatic heterocycles. The van der Waals surface area contributed by atoms with Crippen LogP contribution in [0.2, 0.25) is 0 Å². The Morgan fingerprint density at radius 2 is 1.70 bits per heavy atom. The molecule has 0 saturated heterocycles. The molecule has 30 heavy (non-hydrogen) atoms. The van der Waals surface area contributed by atoms with Gasteiger partial charge in [0.05, 0.1) is 6.54 Å². The van der Waals surface area contributed by atoms with Gasteiger partial charge in [0.25, 0.3) is 0 Å². The fourth-order valence-electron chi connectivity index (χ4n) is 2.60. The van der Waals surface area contributed by atoms with Gasteiger partial charge in [-0.05, 0) is 58.3 Å². The van der Waals surface area contributed by atoms with Gasteiger partial charge in [-0.2, -0.15) is 8.42 Å². The fraction of sp³-hybridized carbons (Fsp3) is 0.381. The Labute approximate surface area is 177 Å². The monoisotopic (exact) mass is 437 g/mol. The van der Waals surface area contributed by atoms with Gasteiger partial charge in [0.2, 0.25) is 0 Å². The number of likely N-dealkylation sites (N-methyl/N-ethyl adjacent to an activating group) is 1. The van der Waals surface area contributed by atoms with Crippen LogP contribution in [0.5, 0.6) is 5.75 Å². The molecular formula is C21H28FN3O4S. The lowest BCUT2D eigenvalue weighted by atomic mass is 10.2. The molecule has 0 radical (unpaired) electrons. The highest BCUT2D eigenvalue weighted by Crippen LogP contribution is 2.24. The lowest BCUT2D eigenvalue weighted by Crippen LogP contribution is -2.45. The average molecular weight is 438 g/mol. The highest BCUT2D eigenvalue weighted by atomic mass is 32.2. The van der Waals surface area contributed by atoms with Crippen LogP contribution in [0.25, 0.3) is 0 Å². The smallest absolute Gasteiger partial charge is 0.339 e. The van der Waals surface area contributed by atoms with Gasteiger partial charge in [0, 0.05) is 24.7 Å². The van der Waals surface area contributed by atoms with Crippen molar-refractivity contribution in [1.82, 2.24) is 15.1 Å². The van der Waals surface area contributed by atoms with E-state index in [4.69, 9.17) is 4.18 Å². The molecule has 2 rings (SSSR count). The van der Waals surface area contributed by atoms with Crippen LogP contribution in [0.15, 0.2) is 53.4 Å². The summed E-state index contributed by atoms with van der Waals surface area (Å²) in [5, 5.41) is 2.86. The number of benzene rings is 2. The van der Waals surface area contributed by atoms with E-state index >= 15 is 0 Å². The van der Waals surface area contributed by atoms with Crippen molar-refractivity contribution in [3.05, 3.63) is 59.9 Å². The lowest BCUT2D eigenvalue weighted by Gasteiger charge is -2.26. The summed E-state index contributed by atoms with van der Waals surface area (Å²) in [5.74, 6) is -0.420. The molecule has 0 aliphatic heterocycles. The molecule has 0 aliphatic carbocycles. The summed E-state index contributed by atoms with van der Waals surface area (Å²) in [6.07, 6.45) is 0. The maximum atomic E-state index is 13.1. The van der Waals surface area contributed by atoms with Crippen molar-refractivity contribution >= 4 is 16.1 Å². The van der Waals surface area contributed by atoms with Crippen molar-refractivity contribution in [1.29, 1.82) is 0 Å². The van der Waals surface area contributed by atoms with Gasteiger partial charge in [-0.1, -0.05) is 18.2 Å². The Kier molecular flexibility index (Phi) is 8.19. The van der Waals surface area contributed by atoms with Gasteiger partial charge in [-0.25, -0.2) is 9.18 Å². The van der Waals surface area contributed by atoms with E-state index in [1.807, 2.05) is 32.8 Å². The highest BCUT2D eigenvalue weighted by molar-refractivity contribution is 7.87. The second kappa shape index (κ2) is 10.4. The molecule has 0 aliphatic rings. The molecular weight excluding hydrogens is 409 g/mol. The number of hydrogen-bond acceptors (Lipinski definition) is 5. The minimum atomic E-state index is -4.15. The molecule has 2 aromatic carbocycles. The molecule has 0 spiro atoms. The third-order valence-electron chi connectivity index (χ3n) is 4.15. The van der Waals surface area contributed by atoms with Crippen LogP contribution in [0.4, 0.5) is 9.18 Å². The number of nitrogens with one attached hydrogen (secondary N) is 1. The summed E-state index contributed by atoms with van der Waals surface area (Å²) in [6.45, 7) is 5.00. The van der Waals surface area contributed by atoms with Crippen LogP contribution in [-0.4, -0.2) is 57.5 Å². The fourth-order valence-corrected chi connectivity index (χ4v) is 3.56. The number of halogens is 1. The minimum Gasteiger partial charge on any atom is -0.379 e. The van der Waals surface area contributed by atoms with Gasteiger partial charge in [0.1, 0.15) is 16.5 Å². The Morgan fingerprint density at radius 3 is 2.30 bits per heavy atom. The standard InChI is InChI=1S/C21H28FN3O4S/c1-16(2)23-21(26)25(14-13-24(3)4)15-17-7-5-6-8-20(17)29-30(27,28)19-11-9-18(22)10-12-19/h5-12,16H,13-15H2,1-4H3,(H,23,26). The highest BCUT2D eigenvalue weighted by Gasteiger charge is 2.21. The van der Waals surface area contributed by atoms with Crippen molar-refractivity contribution in [2.45, 2.75) is 31.3 Å². The Hall–Kier alpha value is -2.65. The van der Waals surface area contributed by atoms with Crippen LogP contribution >= 0.6 is 0 Å². The van der Waals surface area contributed by atoms with Crippen LogP contribution in [-0.2, 0) is 16.7 Å². The number of nitrogens with zero attached hydrogens (tertiary/aromatic N) is 2. The van der Waals surface area contributed by atoms with E-state index in [0.717, 1.165) is 24.3 Å². The topological polar surface area (TPSA) is 79.0 Å². The quantitative estimate of drug-likeness (QED) is 0.610. The number of carbonyl (C=O) groups excluding carboxylic acids is 1. The second-order valence-corrected chi connectivity index (χ2v) is 8.97. The number of rotatable bonds is 9. The van der Waals surface area contributed by atoms with E-state index in [1.54, 1.807) is 23.1 Å². The zero-order valence-electron chi connectivity index (χ0n) is 17.6. The van der Waals surface area contributed by atoms with E-state index in [-0.39, 0.29) is 29.3 Å². The van der Waals surface area contributed by atoms with Crippen LogP contribution in [0.1, 0.15) is 19.4 Å². The summed E-state index contributed by atoms with van der Waals surface area (Å²) in [5.41, 5.74) is 0.542. The first-order chi connectivity index (χ1) is 14.1. The lowest BCUT2D eigenvalue weighted by molar-refractivity contribution is 0.186. The maximum Gasteiger partial charge on any atom is 0.339 e. The summed E-state index contributed by atoms with van der Waals surface area (Å²) in [6, 6.07) is 10.8. The first kappa shape index (κ1) is 23.6. The van der Waals surface area contributed by atoms with Crippen LogP contribution in [0, 0.1) is 5.82 Å². The summed E-state index contributed by atoms with van der Waals surface area (Å²) in [7, 11) is -0.332. The zero-order valence-corrected chi connectivity index (χ0v) is 18.4. The zero-order chi connectivity index (χ0) is 22.3. The Balaban J connectivity index is 2.26. The maximum absolute atomic E-state index is 13.1. The van der Waals surface area contributed by atoms with Crippen LogP contribution in [0.3, 0.4) is 0 Å². The van der Waals surface area contributed by atoms with E-state index < -0.39 is 15.9 Å². The molecule has 2 amide bonds. The van der Waals surface area contributed by atoms with Gasteiger partial charge in [-0.15, -0.1) is 0 Å². The molecule has 164 valence electrons. The molecule has 0 bridgehead atoms. The summed E-state index contributed by atoms with van der Waals surface area (Å²) < 4.78 is 43.7. The molecule has 1 N–H and O–H groups in total. The van der Waals surface area contributed by atoms with Crippen molar-refractivity contribution in [3.63, 3.8) is 0 Å². The first-order valence-electron chi connectivity index (χ1n) is 9.56. The molecule has 0 fully saturated rings. The van der Waals surface area contributed by atoms with Gasteiger partial charge >= 0.3 is 16.1 Å². The molecule has 0 unspecified atom stereocenters. The number of amides is 2. The Bertz CT molecular complexity index is 947. The van der Waals surface area contributed by atoms with Gasteiger partial charge in [0.15, 0.2) is 0 Å². The summed E-state index contributed by atoms with van der Waals surface area (Å²) >= 11 is 0. The van der Waals surface area contributed by atoms with Gasteiger partial charge < -0.3 is 19.3 Å². The molecule has 7 nitrogen and oxygen atoms in total. The SMILES string of the molecule is CC(C)NC(=O)N(CCN(C)C)Cc1ccccc1OS(=O)(=O)c1ccc(F)cc1. The van der Waals surface area contributed by atoms with Gasteiger partial charge in [-0.3, -0.25) is 0 Å². The van der Waals surface area contributed by atoms with Crippen molar-refractivity contribution in [3.8, 4) is 5.75 Å². The number of urea groups is 1. The van der Waals surface area contributed by atoms with E-state index in [0.29, 0.717) is 18.7 Å². The third kappa shape index (κ3) is 7.00. The average Bonchev–Trinajstić information content (AvgIpc) is 2.65. The first-order valence-corrected chi connectivity index (χ1v) is 11.0. The number of para-hydroxylation sites is 1. The van der Waals surface area contributed by atoms with Crippen molar-refractivity contribution in [2.24, 2.45) is 0 Å². The van der Waals surface area contributed by atoms with E-state index in [1.165, 1.54) is 6.07 Å². The molecule has 9 heteroatoms. The largest absolute Gasteiger partial charge is 0.379 e. The normalized spacial score (nSPS) is 11.6. The molecule has 0 saturated carbocycles. The Morgan fingerprint density at radius 1 is 1.07 bits per heavy atom. The summed E-state index contributed by atoms with van der Waals surface area (Å²) in [4.78, 5) is 16.0. The molecule has 2 aromatic rings. The van der Waals surface area contributed by atoms with E-state index in [2.05, 4.69) is 5.32 Å². The molecule has 0 heterocycles. The predicted molar refractivity (Wildman–Crippen MR) is 113 cm³/mol. The van der Waals surface area contributed by atoms with Crippen molar-refractivity contribution < 1.29 is 21.8 Å². The molecule has 0 atom stereocenters. The second-order valence-electron chi connectivity index (χ2n) is 7.43. The van der Waals surface area contributed by atoms with Crippen molar-refractivity contribution in [2.75, 3.05) is 27.2 Å². The van der Waals surface area contributed by atoms with Crippen LogP contribution < -0.4 is 9.50 Å². The minimum absolute atomic E-state index is 0.0373. The predicted octanol–water partition coefficient (Wildman–Crippen LogP) is 3.08.